The van der Waals surface area contributed by atoms with E-state index in [1.807, 2.05) is 0 Å². The number of hydrogen-bond acceptors (Lipinski definition) is 6. The highest BCUT2D eigenvalue weighted by Gasteiger charge is 2.19. The number of carbonyl (C=O) groups excluding carboxylic acids is 3. The van der Waals surface area contributed by atoms with E-state index in [0.717, 1.165) is 69.6 Å². The maximum atomic E-state index is 12.8. The van der Waals surface area contributed by atoms with Crippen LogP contribution in [-0.2, 0) is 28.6 Å². The maximum absolute atomic E-state index is 12.8. The van der Waals surface area contributed by atoms with E-state index in [2.05, 4.69) is 34.6 Å². The molecule has 0 aromatic carbocycles. The SMILES string of the molecule is CCCCCCCCCCCCCCCCCCC(=O)OC[C@H](COC(=O)CCCCCCCCCCC(C)CC)OC(=O)CCCCCCCCCCCCCCC(C)C. The van der Waals surface area contributed by atoms with Crippen molar-refractivity contribution >= 4 is 17.9 Å². The molecule has 0 N–H and O–H groups in total. The number of carbonyl (C=O) groups is 3. The highest BCUT2D eigenvalue weighted by molar-refractivity contribution is 5.71. The summed E-state index contributed by atoms with van der Waals surface area (Å²) in [4.78, 5) is 38.0. The first-order valence-electron chi connectivity index (χ1n) is 27.3. The molecule has 0 saturated heterocycles. The van der Waals surface area contributed by atoms with Gasteiger partial charge in [-0.05, 0) is 31.1 Å². The second-order valence-electron chi connectivity index (χ2n) is 19.6. The fraction of sp³-hybridized carbons (Fsp3) is 0.945. The minimum absolute atomic E-state index is 0.0635. The predicted molar refractivity (Wildman–Crippen MR) is 261 cm³/mol. The van der Waals surface area contributed by atoms with Gasteiger partial charge in [0.1, 0.15) is 13.2 Å². The first-order chi connectivity index (χ1) is 29.8. The summed E-state index contributed by atoms with van der Waals surface area (Å²) in [5, 5.41) is 0. The lowest BCUT2D eigenvalue weighted by atomic mass is 9.99. The average Bonchev–Trinajstić information content (AvgIpc) is 3.24. The zero-order valence-electron chi connectivity index (χ0n) is 41.8. The molecule has 0 fully saturated rings. The van der Waals surface area contributed by atoms with E-state index in [0.29, 0.717) is 19.3 Å². The van der Waals surface area contributed by atoms with Crippen LogP contribution in [0.4, 0.5) is 0 Å². The number of rotatable bonds is 49. The Morgan fingerprint density at radius 1 is 0.344 bits per heavy atom. The molecule has 0 aliphatic rings. The molecule has 0 saturated carbocycles. The van der Waals surface area contributed by atoms with E-state index >= 15 is 0 Å². The molecule has 0 heterocycles. The summed E-state index contributed by atoms with van der Waals surface area (Å²) in [6.07, 6.45) is 49.4. The molecular formula is C55H106O6. The molecule has 0 rings (SSSR count). The molecule has 61 heavy (non-hydrogen) atoms. The normalized spacial score (nSPS) is 12.5. The Hall–Kier alpha value is -1.59. The topological polar surface area (TPSA) is 78.9 Å². The Bertz CT molecular complexity index is 933. The van der Waals surface area contributed by atoms with Crippen molar-refractivity contribution in [3.05, 3.63) is 0 Å². The summed E-state index contributed by atoms with van der Waals surface area (Å²) in [7, 11) is 0. The lowest BCUT2D eigenvalue weighted by molar-refractivity contribution is -0.167. The fourth-order valence-corrected chi connectivity index (χ4v) is 8.31. The summed E-state index contributed by atoms with van der Waals surface area (Å²) >= 11 is 0. The smallest absolute Gasteiger partial charge is 0.306 e. The van der Waals surface area contributed by atoms with Gasteiger partial charge in [0.15, 0.2) is 6.10 Å². The van der Waals surface area contributed by atoms with Crippen LogP contribution in [0.15, 0.2) is 0 Å². The van der Waals surface area contributed by atoms with Crippen molar-refractivity contribution in [2.45, 2.75) is 310 Å². The van der Waals surface area contributed by atoms with Gasteiger partial charge in [0.05, 0.1) is 0 Å². The standard InChI is InChI=1S/C55H106O6/c1-6-8-9-10-11-12-13-14-15-16-17-21-24-30-35-40-45-53(56)59-48-52(49-60-54(57)46-41-36-31-27-26-29-34-39-44-51(5)7-2)61-55(58)47-42-37-32-25-22-19-18-20-23-28-33-38-43-50(3)4/h50-52H,6-49H2,1-5H3/t51?,52-/m1/s1. The monoisotopic (exact) mass is 863 g/mol. The molecule has 0 spiro atoms. The van der Waals surface area contributed by atoms with Crippen LogP contribution < -0.4 is 0 Å². The number of hydrogen-bond donors (Lipinski definition) is 0. The quantitative estimate of drug-likeness (QED) is 0.0344. The molecule has 0 radical (unpaired) electrons. The van der Waals surface area contributed by atoms with Gasteiger partial charge in [-0.2, -0.15) is 0 Å². The number of esters is 3. The van der Waals surface area contributed by atoms with E-state index < -0.39 is 6.10 Å². The van der Waals surface area contributed by atoms with E-state index in [4.69, 9.17) is 14.2 Å². The molecule has 6 nitrogen and oxygen atoms in total. The van der Waals surface area contributed by atoms with Crippen molar-refractivity contribution in [2.24, 2.45) is 11.8 Å². The van der Waals surface area contributed by atoms with Gasteiger partial charge in [0.2, 0.25) is 0 Å². The second kappa shape index (κ2) is 47.9. The Labute approximate surface area is 380 Å². The third kappa shape index (κ3) is 47.7. The van der Waals surface area contributed by atoms with Crippen molar-refractivity contribution < 1.29 is 28.6 Å². The second-order valence-corrected chi connectivity index (χ2v) is 19.6. The Kier molecular flexibility index (Phi) is 46.6. The summed E-state index contributed by atoms with van der Waals surface area (Å²) in [6.45, 7) is 11.4. The fourth-order valence-electron chi connectivity index (χ4n) is 8.31. The van der Waals surface area contributed by atoms with Crippen molar-refractivity contribution in [1.82, 2.24) is 0 Å². The van der Waals surface area contributed by atoms with E-state index in [1.165, 1.54) is 193 Å². The Morgan fingerprint density at radius 2 is 0.623 bits per heavy atom. The molecule has 0 aromatic rings. The van der Waals surface area contributed by atoms with Crippen molar-refractivity contribution in [3.8, 4) is 0 Å². The maximum Gasteiger partial charge on any atom is 0.306 e. The predicted octanol–water partition coefficient (Wildman–Crippen LogP) is 17.7. The van der Waals surface area contributed by atoms with Gasteiger partial charge in [-0.25, -0.2) is 0 Å². The van der Waals surface area contributed by atoms with Gasteiger partial charge in [-0.3, -0.25) is 14.4 Å². The van der Waals surface area contributed by atoms with Gasteiger partial charge >= 0.3 is 17.9 Å². The Morgan fingerprint density at radius 3 is 0.934 bits per heavy atom. The lowest BCUT2D eigenvalue weighted by Gasteiger charge is -2.18. The van der Waals surface area contributed by atoms with Crippen LogP contribution in [0.1, 0.15) is 304 Å². The summed E-state index contributed by atoms with van der Waals surface area (Å²) in [5.41, 5.74) is 0. The molecule has 0 aromatic heterocycles. The largest absolute Gasteiger partial charge is 0.462 e. The Balaban J connectivity index is 4.31. The van der Waals surface area contributed by atoms with Gasteiger partial charge in [-0.1, -0.05) is 266 Å². The van der Waals surface area contributed by atoms with E-state index in [-0.39, 0.29) is 31.1 Å². The molecule has 0 amide bonds. The van der Waals surface area contributed by atoms with Crippen molar-refractivity contribution in [3.63, 3.8) is 0 Å². The van der Waals surface area contributed by atoms with Gasteiger partial charge < -0.3 is 14.2 Å². The molecule has 1 unspecified atom stereocenters. The van der Waals surface area contributed by atoms with Gasteiger partial charge in [0.25, 0.3) is 0 Å². The van der Waals surface area contributed by atoms with Gasteiger partial charge in [-0.15, -0.1) is 0 Å². The molecule has 2 atom stereocenters. The third-order valence-corrected chi connectivity index (χ3v) is 12.8. The average molecular weight is 863 g/mol. The molecule has 6 heteroatoms. The number of unbranched alkanes of at least 4 members (excludes halogenated alkanes) is 33. The van der Waals surface area contributed by atoms with Crippen LogP contribution in [0.3, 0.4) is 0 Å². The third-order valence-electron chi connectivity index (χ3n) is 12.8. The van der Waals surface area contributed by atoms with Crippen LogP contribution in [0, 0.1) is 11.8 Å². The van der Waals surface area contributed by atoms with Crippen molar-refractivity contribution in [1.29, 1.82) is 0 Å². The van der Waals surface area contributed by atoms with Crippen LogP contribution >= 0.6 is 0 Å². The zero-order chi connectivity index (χ0) is 44.7. The number of ether oxygens (including phenoxy) is 3. The van der Waals surface area contributed by atoms with Crippen LogP contribution in [-0.4, -0.2) is 37.2 Å². The highest BCUT2D eigenvalue weighted by atomic mass is 16.6. The molecule has 0 aliphatic heterocycles. The minimum atomic E-state index is -0.762. The molecule has 362 valence electrons. The van der Waals surface area contributed by atoms with Crippen LogP contribution in [0.2, 0.25) is 0 Å². The molecule has 0 aliphatic carbocycles. The summed E-state index contributed by atoms with van der Waals surface area (Å²) in [5.74, 6) is 0.834. The summed E-state index contributed by atoms with van der Waals surface area (Å²) < 4.78 is 16.8. The first-order valence-corrected chi connectivity index (χ1v) is 27.3. The van der Waals surface area contributed by atoms with E-state index in [1.54, 1.807) is 0 Å². The highest BCUT2D eigenvalue weighted by Crippen LogP contribution is 2.18. The molecule has 0 bridgehead atoms. The summed E-state index contributed by atoms with van der Waals surface area (Å²) in [6, 6.07) is 0. The van der Waals surface area contributed by atoms with E-state index in [9.17, 15) is 14.4 Å². The molecular weight excluding hydrogens is 757 g/mol. The first kappa shape index (κ1) is 59.4. The van der Waals surface area contributed by atoms with Crippen molar-refractivity contribution in [2.75, 3.05) is 13.2 Å². The van der Waals surface area contributed by atoms with Gasteiger partial charge in [0, 0.05) is 19.3 Å². The van der Waals surface area contributed by atoms with Crippen LogP contribution in [0.5, 0.6) is 0 Å². The lowest BCUT2D eigenvalue weighted by Crippen LogP contribution is -2.30. The van der Waals surface area contributed by atoms with Crippen LogP contribution in [0.25, 0.3) is 0 Å². The minimum Gasteiger partial charge on any atom is -0.462 e. The zero-order valence-corrected chi connectivity index (χ0v) is 41.8.